The Labute approximate surface area is 107 Å². The SMILES string of the molecule is CCCNC(C)CC(C)CCS(=O)(=O)CCC. The van der Waals surface area contributed by atoms with Crippen LogP contribution in [0.5, 0.6) is 0 Å². The fourth-order valence-electron chi connectivity index (χ4n) is 1.99. The molecule has 3 nitrogen and oxygen atoms in total. The van der Waals surface area contributed by atoms with Crippen LogP contribution in [0.15, 0.2) is 0 Å². The monoisotopic (exact) mass is 263 g/mol. The first-order valence-corrected chi connectivity index (χ1v) is 8.67. The number of rotatable bonds is 10. The molecule has 104 valence electrons. The summed E-state index contributed by atoms with van der Waals surface area (Å²) in [5.74, 6) is 1.16. The third-order valence-electron chi connectivity index (χ3n) is 2.94. The predicted octanol–water partition coefficient (Wildman–Crippen LogP) is 2.62. The Hall–Kier alpha value is -0.0900. The van der Waals surface area contributed by atoms with Crippen molar-refractivity contribution in [3.8, 4) is 0 Å². The van der Waals surface area contributed by atoms with Gasteiger partial charge in [-0.3, -0.25) is 0 Å². The molecule has 0 heterocycles. The van der Waals surface area contributed by atoms with E-state index in [0.717, 1.165) is 32.2 Å². The molecule has 0 spiro atoms. The zero-order valence-corrected chi connectivity index (χ0v) is 12.6. The summed E-state index contributed by atoms with van der Waals surface area (Å²) in [6.07, 6.45) is 3.72. The molecule has 0 aromatic carbocycles. The van der Waals surface area contributed by atoms with Gasteiger partial charge in [0, 0.05) is 11.8 Å². The molecule has 0 aliphatic rings. The van der Waals surface area contributed by atoms with Crippen LogP contribution < -0.4 is 5.32 Å². The van der Waals surface area contributed by atoms with E-state index < -0.39 is 9.84 Å². The highest BCUT2D eigenvalue weighted by Gasteiger charge is 2.13. The highest BCUT2D eigenvalue weighted by molar-refractivity contribution is 7.91. The fraction of sp³-hybridized carbons (Fsp3) is 1.00. The van der Waals surface area contributed by atoms with Gasteiger partial charge in [-0.05, 0) is 45.1 Å². The van der Waals surface area contributed by atoms with Crippen molar-refractivity contribution in [2.75, 3.05) is 18.1 Å². The van der Waals surface area contributed by atoms with Crippen molar-refractivity contribution in [3.63, 3.8) is 0 Å². The molecule has 0 bridgehead atoms. The number of nitrogens with one attached hydrogen (secondary N) is 1. The van der Waals surface area contributed by atoms with E-state index in [1.807, 2.05) is 6.92 Å². The summed E-state index contributed by atoms with van der Waals surface area (Å²) in [7, 11) is -2.80. The topological polar surface area (TPSA) is 46.2 Å². The summed E-state index contributed by atoms with van der Waals surface area (Å²) in [4.78, 5) is 0. The second-order valence-corrected chi connectivity index (χ2v) is 7.44. The van der Waals surface area contributed by atoms with Gasteiger partial charge in [-0.1, -0.05) is 20.8 Å². The van der Waals surface area contributed by atoms with Crippen LogP contribution in [0.3, 0.4) is 0 Å². The van der Waals surface area contributed by atoms with Gasteiger partial charge in [0.05, 0.1) is 5.75 Å². The molecular weight excluding hydrogens is 234 g/mol. The number of hydrogen-bond donors (Lipinski definition) is 1. The average Bonchev–Trinajstić information content (AvgIpc) is 2.24. The Kier molecular flexibility index (Phi) is 8.88. The van der Waals surface area contributed by atoms with Gasteiger partial charge >= 0.3 is 0 Å². The van der Waals surface area contributed by atoms with Crippen LogP contribution in [-0.2, 0) is 9.84 Å². The molecule has 0 aromatic heterocycles. The third-order valence-corrected chi connectivity index (χ3v) is 4.82. The van der Waals surface area contributed by atoms with Crippen LogP contribution >= 0.6 is 0 Å². The first kappa shape index (κ1) is 16.9. The van der Waals surface area contributed by atoms with Crippen molar-refractivity contribution < 1.29 is 8.42 Å². The van der Waals surface area contributed by atoms with E-state index in [9.17, 15) is 8.42 Å². The largest absolute Gasteiger partial charge is 0.314 e. The van der Waals surface area contributed by atoms with Crippen LogP contribution in [0.2, 0.25) is 0 Å². The smallest absolute Gasteiger partial charge is 0.150 e. The summed E-state index contributed by atoms with van der Waals surface area (Å²) in [6, 6.07) is 0.485. The molecule has 17 heavy (non-hydrogen) atoms. The van der Waals surface area contributed by atoms with Crippen molar-refractivity contribution >= 4 is 9.84 Å². The normalized spacial score (nSPS) is 15.8. The van der Waals surface area contributed by atoms with E-state index in [1.54, 1.807) is 0 Å². The summed E-state index contributed by atoms with van der Waals surface area (Å²) < 4.78 is 23.2. The van der Waals surface area contributed by atoms with Gasteiger partial charge in [0.2, 0.25) is 0 Å². The van der Waals surface area contributed by atoms with Gasteiger partial charge in [-0.15, -0.1) is 0 Å². The van der Waals surface area contributed by atoms with E-state index >= 15 is 0 Å². The molecule has 0 aliphatic heterocycles. The summed E-state index contributed by atoms with van der Waals surface area (Å²) in [5, 5.41) is 3.44. The minimum Gasteiger partial charge on any atom is -0.314 e. The second-order valence-electron chi connectivity index (χ2n) is 5.14. The van der Waals surface area contributed by atoms with Gasteiger partial charge < -0.3 is 5.32 Å². The minimum atomic E-state index is -2.80. The third kappa shape index (κ3) is 9.60. The summed E-state index contributed by atoms with van der Waals surface area (Å²) in [6.45, 7) is 9.43. The lowest BCUT2D eigenvalue weighted by Crippen LogP contribution is -2.29. The zero-order chi connectivity index (χ0) is 13.3. The number of hydrogen-bond acceptors (Lipinski definition) is 3. The van der Waals surface area contributed by atoms with E-state index in [1.165, 1.54) is 0 Å². The fourth-order valence-corrected chi connectivity index (χ4v) is 3.58. The summed E-state index contributed by atoms with van der Waals surface area (Å²) in [5.41, 5.74) is 0. The van der Waals surface area contributed by atoms with Gasteiger partial charge in [-0.2, -0.15) is 0 Å². The summed E-state index contributed by atoms with van der Waals surface area (Å²) >= 11 is 0. The minimum absolute atomic E-state index is 0.337. The molecule has 0 aliphatic carbocycles. The molecule has 0 saturated heterocycles. The first-order valence-electron chi connectivity index (χ1n) is 6.85. The Balaban J connectivity index is 3.82. The Morgan fingerprint density at radius 2 is 1.71 bits per heavy atom. The Bertz CT molecular complexity index is 275. The van der Waals surface area contributed by atoms with E-state index in [4.69, 9.17) is 0 Å². The second kappa shape index (κ2) is 8.92. The van der Waals surface area contributed by atoms with Crippen molar-refractivity contribution in [2.24, 2.45) is 5.92 Å². The lowest BCUT2D eigenvalue weighted by atomic mass is 10.0. The van der Waals surface area contributed by atoms with Crippen LogP contribution in [0.1, 0.15) is 53.4 Å². The van der Waals surface area contributed by atoms with Crippen LogP contribution in [0, 0.1) is 5.92 Å². The maximum Gasteiger partial charge on any atom is 0.150 e. The lowest BCUT2D eigenvalue weighted by Gasteiger charge is -2.18. The predicted molar refractivity (Wildman–Crippen MR) is 75.1 cm³/mol. The molecule has 0 saturated carbocycles. The molecular formula is C13H29NO2S. The molecule has 2 atom stereocenters. The average molecular weight is 263 g/mol. The van der Waals surface area contributed by atoms with E-state index in [-0.39, 0.29) is 0 Å². The molecule has 0 amide bonds. The highest BCUT2D eigenvalue weighted by atomic mass is 32.2. The van der Waals surface area contributed by atoms with Gasteiger partial charge in [-0.25, -0.2) is 8.42 Å². The van der Waals surface area contributed by atoms with E-state index in [0.29, 0.717) is 23.5 Å². The van der Waals surface area contributed by atoms with E-state index in [2.05, 4.69) is 26.1 Å². The van der Waals surface area contributed by atoms with Crippen LogP contribution in [0.4, 0.5) is 0 Å². The van der Waals surface area contributed by atoms with Crippen molar-refractivity contribution in [1.82, 2.24) is 5.32 Å². The highest BCUT2D eigenvalue weighted by Crippen LogP contribution is 2.12. The standard InChI is InChI=1S/C13H29NO2S/c1-5-8-14-13(4)11-12(3)7-10-17(15,16)9-6-2/h12-14H,5-11H2,1-4H3. The molecule has 0 fully saturated rings. The molecule has 0 radical (unpaired) electrons. The maximum atomic E-state index is 11.6. The zero-order valence-electron chi connectivity index (χ0n) is 11.8. The quantitative estimate of drug-likeness (QED) is 0.659. The number of sulfone groups is 1. The Morgan fingerprint density at radius 1 is 1.06 bits per heavy atom. The van der Waals surface area contributed by atoms with Crippen molar-refractivity contribution in [1.29, 1.82) is 0 Å². The van der Waals surface area contributed by atoms with Crippen molar-refractivity contribution in [2.45, 2.75) is 59.4 Å². The van der Waals surface area contributed by atoms with Crippen LogP contribution in [-0.4, -0.2) is 32.5 Å². The molecule has 4 heteroatoms. The molecule has 0 rings (SSSR count). The molecule has 0 aromatic rings. The maximum absolute atomic E-state index is 11.6. The van der Waals surface area contributed by atoms with Crippen LogP contribution in [0.25, 0.3) is 0 Å². The lowest BCUT2D eigenvalue weighted by molar-refractivity contribution is 0.413. The van der Waals surface area contributed by atoms with Gasteiger partial charge in [0.15, 0.2) is 0 Å². The van der Waals surface area contributed by atoms with Crippen molar-refractivity contribution in [3.05, 3.63) is 0 Å². The van der Waals surface area contributed by atoms with Gasteiger partial charge in [0.25, 0.3) is 0 Å². The molecule has 2 unspecified atom stereocenters. The Morgan fingerprint density at radius 3 is 2.24 bits per heavy atom. The van der Waals surface area contributed by atoms with Gasteiger partial charge in [0.1, 0.15) is 9.84 Å². The first-order chi connectivity index (χ1) is 7.91. The molecule has 1 N–H and O–H groups in total.